The highest BCUT2D eigenvalue weighted by Crippen LogP contribution is 2.50. The predicted octanol–water partition coefficient (Wildman–Crippen LogP) is 5.12. The molecule has 0 bridgehead atoms. The average molecular weight is 659 g/mol. The lowest BCUT2D eigenvalue weighted by molar-refractivity contribution is -0.149. The quantitative estimate of drug-likeness (QED) is 0.127. The molecule has 0 N–H and O–H groups in total. The molecule has 0 fully saturated rings. The van der Waals surface area contributed by atoms with Crippen LogP contribution in [0.15, 0.2) is 72.5 Å². The highest BCUT2D eigenvalue weighted by Gasteiger charge is 2.30. The Balaban J connectivity index is 1.47. The Morgan fingerprint density at radius 1 is 0.891 bits per heavy atom. The Morgan fingerprint density at radius 2 is 1.48 bits per heavy atom. The largest absolute Gasteiger partial charge is 0.497 e. The van der Waals surface area contributed by atoms with Gasteiger partial charge in [-0.25, -0.2) is 23.2 Å². The van der Waals surface area contributed by atoms with Crippen molar-refractivity contribution in [1.82, 2.24) is 19.3 Å². The molecule has 0 saturated carbocycles. The van der Waals surface area contributed by atoms with Crippen molar-refractivity contribution in [1.29, 1.82) is 0 Å². The lowest BCUT2D eigenvalue weighted by Crippen LogP contribution is -2.19. The number of benzene rings is 1. The molecule has 1 aromatic carbocycles. The number of aromatic nitrogens is 1. The number of fused-ring (bicyclic) bond motifs is 1. The Kier molecular flexibility index (Phi) is 12.6. The van der Waals surface area contributed by atoms with Crippen LogP contribution in [0.25, 0.3) is 10.9 Å². The SMILES string of the molecule is CCN1C=CCC(C(=O)OCOP(=O)(OCOC(=O)C2=CN(CC)C=CC2)OCn2cc(CCN(C)C)c3ccc(OC)cc32)=C1. The van der Waals surface area contributed by atoms with E-state index in [9.17, 15) is 14.2 Å². The fourth-order valence-corrected chi connectivity index (χ4v) is 5.58. The molecule has 13 nitrogen and oxygen atoms in total. The summed E-state index contributed by atoms with van der Waals surface area (Å²) in [4.78, 5) is 31.1. The van der Waals surface area contributed by atoms with Gasteiger partial charge in [0.2, 0.25) is 13.6 Å². The average Bonchev–Trinajstić information content (AvgIpc) is 3.43. The number of methoxy groups -OCH3 is 1. The van der Waals surface area contributed by atoms with Gasteiger partial charge in [-0.3, -0.25) is 4.52 Å². The number of likely N-dealkylation sites (N-methyl/N-ethyl adjacent to an activating group) is 1. The highest BCUT2D eigenvalue weighted by atomic mass is 31.2. The number of carbonyl (C=O) groups excluding carboxylic acids is 2. The van der Waals surface area contributed by atoms with Crippen LogP contribution in [0.3, 0.4) is 0 Å². The minimum atomic E-state index is -4.43. The van der Waals surface area contributed by atoms with Crippen LogP contribution in [0.2, 0.25) is 0 Å². The third kappa shape index (κ3) is 9.57. The maximum absolute atomic E-state index is 13.8. The number of hydrogen-bond acceptors (Lipinski definition) is 12. The van der Waals surface area contributed by atoms with Crippen molar-refractivity contribution in [2.24, 2.45) is 0 Å². The van der Waals surface area contributed by atoms with Crippen molar-refractivity contribution in [3.05, 3.63) is 78.1 Å². The Labute approximate surface area is 269 Å². The lowest BCUT2D eigenvalue weighted by Gasteiger charge is -2.21. The van der Waals surface area contributed by atoms with E-state index < -0.39 is 33.3 Å². The van der Waals surface area contributed by atoms with E-state index >= 15 is 0 Å². The molecule has 2 aliphatic rings. The minimum absolute atomic E-state index is 0.242. The summed E-state index contributed by atoms with van der Waals surface area (Å²) in [6.45, 7) is 4.41. The first-order valence-corrected chi connectivity index (χ1v) is 16.5. The summed E-state index contributed by atoms with van der Waals surface area (Å²) in [5, 5.41) is 0.984. The smallest absolute Gasteiger partial charge is 0.482 e. The molecule has 0 radical (unpaired) electrons. The summed E-state index contributed by atoms with van der Waals surface area (Å²) < 4.78 is 48.0. The second-order valence-electron chi connectivity index (χ2n) is 10.8. The van der Waals surface area contributed by atoms with Crippen molar-refractivity contribution in [3.63, 3.8) is 0 Å². The van der Waals surface area contributed by atoms with Gasteiger partial charge in [-0.1, -0.05) is 12.2 Å². The number of hydrogen-bond donors (Lipinski definition) is 0. The van der Waals surface area contributed by atoms with E-state index in [1.54, 1.807) is 24.1 Å². The number of nitrogens with zero attached hydrogens (tertiary/aromatic N) is 4. The molecule has 2 aliphatic heterocycles. The topological polar surface area (TPSA) is 121 Å². The van der Waals surface area contributed by atoms with Gasteiger partial charge in [-0.05, 0) is 64.5 Å². The van der Waals surface area contributed by atoms with Crippen LogP contribution in [0, 0.1) is 0 Å². The standard InChI is InChI=1S/C32H43N4O9P/c1-6-34-15-8-10-26(19-34)31(37)41-23-44-46(39,45-24-42-32(38)27-11-9-16-35(7-2)20-27)43-22-36-21-25(14-17-33(3)4)29-13-12-28(40-5)18-30(29)36/h8-9,12-13,15-16,18-21H,6-7,10-11,14,17,22-24H2,1-5H3. The molecule has 46 heavy (non-hydrogen) atoms. The second-order valence-corrected chi connectivity index (χ2v) is 12.4. The van der Waals surface area contributed by atoms with Gasteiger partial charge >= 0.3 is 19.8 Å². The van der Waals surface area contributed by atoms with E-state index in [1.165, 1.54) is 0 Å². The monoisotopic (exact) mass is 658 g/mol. The molecule has 3 heterocycles. The lowest BCUT2D eigenvalue weighted by atomic mass is 10.1. The molecule has 0 aliphatic carbocycles. The molecule has 0 spiro atoms. The fourth-order valence-electron chi connectivity index (χ4n) is 4.73. The summed E-state index contributed by atoms with van der Waals surface area (Å²) in [6, 6.07) is 5.69. The molecule has 0 unspecified atom stereocenters. The van der Waals surface area contributed by atoms with Gasteiger partial charge in [-0.2, -0.15) is 0 Å². The zero-order chi connectivity index (χ0) is 33.1. The Bertz CT molecular complexity index is 1490. The summed E-state index contributed by atoms with van der Waals surface area (Å²) in [7, 11) is 1.14. The molecule has 0 atom stereocenters. The molecule has 4 rings (SSSR count). The molecule has 14 heteroatoms. The molecular weight excluding hydrogens is 615 g/mol. The number of allylic oxidation sites excluding steroid dienone is 2. The molecule has 1 aromatic heterocycles. The minimum Gasteiger partial charge on any atom is -0.497 e. The van der Waals surface area contributed by atoms with Gasteiger partial charge in [0.15, 0.2) is 0 Å². The van der Waals surface area contributed by atoms with E-state index in [0.717, 1.165) is 29.4 Å². The predicted molar refractivity (Wildman–Crippen MR) is 172 cm³/mol. The summed E-state index contributed by atoms with van der Waals surface area (Å²) in [6.07, 6.45) is 14.2. The Morgan fingerprint density at radius 3 is 2.00 bits per heavy atom. The van der Waals surface area contributed by atoms with Crippen LogP contribution in [-0.4, -0.2) is 85.6 Å². The van der Waals surface area contributed by atoms with Gasteiger partial charge in [0.25, 0.3) is 0 Å². The Hall–Kier alpha value is -3.87. The van der Waals surface area contributed by atoms with Gasteiger partial charge in [0.1, 0.15) is 12.5 Å². The highest BCUT2D eigenvalue weighted by molar-refractivity contribution is 7.48. The van der Waals surface area contributed by atoms with Crippen LogP contribution < -0.4 is 4.74 Å². The first-order valence-electron chi connectivity index (χ1n) is 15.1. The van der Waals surface area contributed by atoms with E-state index in [0.29, 0.717) is 42.8 Å². The molecule has 0 saturated heterocycles. The van der Waals surface area contributed by atoms with Crippen molar-refractivity contribution >= 4 is 30.7 Å². The van der Waals surface area contributed by atoms with Gasteiger partial charge < -0.3 is 33.5 Å². The molecular formula is C32H43N4O9P. The van der Waals surface area contributed by atoms with Crippen molar-refractivity contribution in [2.75, 3.05) is 54.4 Å². The first-order chi connectivity index (χ1) is 22.1. The molecule has 0 amide bonds. The number of rotatable bonds is 17. The zero-order valence-corrected chi connectivity index (χ0v) is 27.9. The van der Waals surface area contributed by atoms with Crippen molar-refractivity contribution in [3.8, 4) is 5.75 Å². The van der Waals surface area contributed by atoms with Crippen LogP contribution in [0.5, 0.6) is 5.75 Å². The van der Waals surface area contributed by atoms with Gasteiger partial charge in [-0.15, -0.1) is 0 Å². The van der Waals surface area contributed by atoms with E-state index in [1.807, 2.05) is 86.7 Å². The normalized spacial score (nSPS) is 14.9. The number of phosphoric ester groups is 1. The van der Waals surface area contributed by atoms with E-state index in [-0.39, 0.29) is 6.73 Å². The third-order valence-electron chi connectivity index (χ3n) is 7.32. The molecule has 2 aromatic rings. The van der Waals surface area contributed by atoms with Crippen LogP contribution in [0.1, 0.15) is 32.3 Å². The van der Waals surface area contributed by atoms with Gasteiger partial charge in [0.05, 0.1) is 23.8 Å². The van der Waals surface area contributed by atoms with Crippen molar-refractivity contribution in [2.45, 2.75) is 39.8 Å². The summed E-state index contributed by atoms with van der Waals surface area (Å²) >= 11 is 0. The maximum atomic E-state index is 13.8. The third-order valence-corrected chi connectivity index (χ3v) is 8.60. The van der Waals surface area contributed by atoms with Gasteiger partial charge in [0, 0.05) is 62.5 Å². The van der Waals surface area contributed by atoms with Crippen molar-refractivity contribution < 1.29 is 41.9 Å². The summed E-state index contributed by atoms with van der Waals surface area (Å²) in [5.41, 5.74) is 2.66. The zero-order valence-electron chi connectivity index (χ0n) is 27.0. The van der Waals surface area contributed by atoms with Crippen LogP contribution in [0.4, 0.5) is 0 Å². The number of carbonyl (C=O) groups is 2. The second kappa shape index (κ2) is 16.6. The summed E-state index contributed by atoms with van der Waals surface area (Å²) in [5.74, 6) is -0.623. The first kappa shape index (κ1) is 35.0. The van der Waals surface area contributed by atoms with Crippen LogP contribution in [-0.2, 0) is 50.4 Å². The fraction of sp³-hybridized carbons (Fsp3) is 0.438. The maximum Gasteiger partial charge on any atom is 0.482 e. The number of phosphoric acid groups is 1. The molecule has 250 valence electrons. The van der Waals surface area contributed by atoms with E-state index in [2.05, 4.69) is 4.90 Å². The van der Waals surface area contributed by atoms with E-state index in [4.69, 9.17) is 27.8 Å². The van der Waals surface area contributed by atoms with Crippen LogP contribution >= 0.6 is 7.82 Å². The number of ether oxygens (including phenoxy) is 3. The number of esters is 2.